The molecule has 0 amide bonds. The Morgan fingerprint density at radius 3 is 2.29 bits per heavy atom. The molecule has 0 aromatic heterocycles. The van der Waals surface area contributed by atoms with E-state index in [-0.39, 0.29) is 12.0 Å². The Kier molecular flexibility index (Phi) is 8.35. The molecule has 2 rings (SSSR count). The van der Waals surface area contributed by atoms with E-state index in [1.54, 1.807) is 0 Å². The second-order valence-corrected chi connectivity index (χ2v) is 7.45. The first kappa shape index (κ1) is 20.0. The molecule has 2 fully saturated rings. The summed E-state index contributed by atoms with van der Waals surface area (Å²) in [5.74, 6) is -0.900. The Balaban J connectivity index is 1.77. The first-order valence-electron chi connectivity index (χ1n) is 9.65. The number of hydrogen-bond acceptors (Lipinski definition) is 2. The zero-order valence-electron chi connectivity index (χ0n) is 15.1. The molecule has 5 heteroatoms. The standard InChI is InChI=1S/C19H33F3O2/c1-3-4-5-6-11-24-13-7-8-14(16(20)12-13)15-9-10-17(23-2)19(22)18(15)21/h13-19H,3-12H2,1-2H3. The van der Waals surface area contributed by atoms with Gasteiger partial charge in [-0.05, 0) is 43.9 Å². The van der Waals surface area contributed by atoms with E-state index >= 15 is 0 Å². The van der Waals surface area contributed by atoms with Crippen molar-refractivity contribution < 1.29 is 22.6 Å². The highest BCUT2D eigenvalue weighted by Gasteiger charge is 2.47. The fourth-order valence-corrected chi connectivity index (χ4v) is 4.33. The molecule has 0 heterocycles. The van der Waals surface area contributed by atoms with Crippen LogP contribution in [0.15, 0.2) is 0 Å². The molecular weight excluding hydrogens is 317 g/mol. The molecule has 0 aromatic rings. The number of unbranched alkanes of at least 4 members (excludes halogenated alkanes) is 3. The fourth-order valence-electron chi connectivity index (χ4n) is 4.33. The van der Waals surface area contributed by atoms with E-state index in [4.69, 9.17) is 9.47 Å². The quantitative estimate of drug-likeness (QED) is 0.561. The van der Waals surface area contributed by atoms with Crippen molar-refractivity contribution in [3.8, 4) is 0 Å². The summed E-state index contributed by atoms with van der Waals surface area (Å²) in [6.07, 6.45) is 2.13. The van der Waals surface area contributed by atoms with Gasteiger partial charge in [-0.15, -0.1) is 0 Å². The van der Waals surface area contributed by atoms with Crippen molar-refractivity contribution in [2.24, 2.45) is 11.8 Å². The molecule has 7 unspecified atom stereocenters. The van der Waals surface area contributed by atoms with Gasteiger partial charge in [-0.1, -0.05) is 26.2 Å². The molecule has 0 spiro atoms. The number of methoxy groups -OCH3 is 1. The van der Waals surface area contributed by atoms with Crippen LogP contribution < -0.4 is 0 Å². The number of halogens is 3. The van der Waals surface area contributed by atoms with Gasteiger partial charge in [0.2, 0.25) is 0 Å². The largest absolute Gasteiger partial charge is 0.378 e. The maximum atomic E-state index is 14.6. The van der Waals surface area contributed by atoms with E-state index in [0.717, 1.165) is 19.3 Å². The summed E-state index contributed by atoms with van der Waals surface area (Å²) >= 11 is 0. The average Bonchev–Trinajstić information content (AvgIpc) is 2.58. The van der Waals surface area contributed by atoms with Crippen molar-refractivity contribution in [3.05, 3.63) is 0 Å². The van der Waals surface area contributed by atoms with Gasteiger partial charge in [0.1, 0.15) is 12.3 Å². The molecule has 24 heavy (non-hydrogen) atoms. The van der Waals surface area contributed by atoms with Crippen LogP contribution in [0.25, 0.3) is 0 Å². The Labute approximate surface area is 144 Å². The van der Waals surface area contributed by atoms with Crippen LogP contribution in [-0.2, 0) is 9.47 Å². The van der Waals surface area contributed by atoms with Gasteiger partial charge in [0.15, 0.2) is 6.17 Å². The second-order valence-electron chi connectivity index (χ2n) is 7.45. The zero-order chi connectivity index (χ0) is 17.5. The third-order valence-corrected chi connectivity index (χ3v) is 5.83. The first-order chi connectivity index (χ1) is 11.6. The maximum Gasteiger partial charge on any atom is 0.157 e. The Bertz CT molecular complexity index is 356. The number of ether oxygens (including phenoxy) is 2. The number of rotatable bonds is 8. The normalized spacial score (nSPS) is 40.6. The highest BCUT2D eigenvalue weighted by atomic mass is 19.2. The van der Waals surface area contributed by atoms with Crippen LogP contribution in [0, 0.1) is 11.8 Å². The molecule has 2 saturated carbocycles. The van der Waals surface area contributed by atoms with Crippen molar-refractivity contribution in [2.45, 2.75) is 95.4 Å². The number of alkyl halides is 3. The molecule has 0 bridgehead atoms. The van der Waals surface area contributed by atoms with Crippen molar-refractivity contribution in [1.82, 2.24) is 0 Å². The third kappa shape index (κ3) is 5.10. The van der Waals surface area contributed by atoms with Gasteiger partial charge in [0.05, 0.1) is 12.2 Å². The van der Waals surface area contributed by atoms with Crippen molar-refractivity contribution in [1.29, 1.82) is 0 Å². The van der Waals surface area contributed by atoms with Gasteiger partial charge in [-0.25, -0.2) is 13.2 Å². The van der Waals surface area contributed by atoms with E-state index in [1.165, 1.54) is 20.0 Å². The maximum absolute atomic E-state index is 14.6. The van der Waals surface area contributed by atoms with Gasteiger partial charge < -0.3 is 9.47 Å². The van der Waals surface area contributed by atoms with Crippen LogP contribution in [0.3, 0.4) is 0 Å². The fraction of sp³-hybridized carbons (Fsp3) is 1.00. The lowest BCUT2D eigenvalue weighted by atomic mass is 9.70. The van der Waals surface area contributed by atoms with E-state index in [2.05, 4.69) is 6.92 Å². The first-order valence-corrected chi connectivity index (χ1v) is 9.65. The summed E-state index contributed by atoms with van der Waals surface area (Å²) < 4.78 is 53.9. The summed E-state index contributed by atoms with van der Waals surface area (Å²) in [5.41, 5.74) is 0. The highest BCUT2D eigenvalue weighted by molar-refractivity contribution is 4.95. The molecule has 142 valence electrons. The van der Waals surface area contributed by atoms with Crippen molar-refractivity contribution in [3.63, 3.8) is 0 Å². The Morgan fingerprint density at radius 2 is 1.62 bits per heavy atom. The van der Waals surface area contributed by atoms with Gasteiger partial charge in [0.25, 0.3) is 0 Å². The topological polar surface area (TPSA) is 18.5 Å². The lowest BCUT2D eigenvalue weighted by Crippen LogP contribution is -2.48. The predicted molar refractivity (Wildman–Crippen MR) is 89.4 cm³/mol. The molecule has 0 saturated heterocycles. The van der Waals surface area contributed by atoms with E-state index < -0.39 is 30.5 Å². The van der Waals surface area contributed by atoms with Crippen LogP contribution in [-0.4, -0.2) is 44.4 Å². The smallest absolute Gasteiger partial charge is 0.157 e. The average molecular weight is 350 g/mol. The van der Waals surface area contributed by atoms with Gasteiger partial charge in [-0.3, -0.25) is 0 Å². The van der Waals surface area contributed by atoms with Crippen LogP contribution in [0.5, 0.6) is 0 Å². The molecule has 0 N–H and O–H groups in total. The van der Waals surface area contributed by atoms with Gasteiger partial charge in [-0.2, -0.15) is 0 Å². The van der Waals surface area contributed by atoms with E-state index in [9.17, 15) is 13.2 Å². The summed E-state index contributed by atoms with van der Waals surface area (Å²) in [5, 5.41) is 0. The van der Waals surface area contributed by atoms with Crippen molar-refractivity contribution >= 4 is 0 Å². The molecule has 2 nitrogen and oxygen atoms in total. The van der Waals surface area contributed by atoms with E-state index in [1.807, 2.05) is 0 Å². The third-order valence-electron chi connectivity index (χ3n) is 5.83. The minimum absolute atomic E-state index is 0.0626. The predicted octanol–water partition coefficient (Wildman–Crippen LogP) is 5.19. The number of hydrogen-bond donors (Lipinski definition) is 0. The van der Waals surface area contributed by atoms with Crippen molar-refractivity contribution in [2.75, 3.05) is 13.7 Å². The minimum Gasteiger partial charge on any atom is -0.378 e. The molecule has 2 aliphatic carbocycles. The monoisotopic (exact) mass is 350 g/mol. The SMILES string of the molecule is CCCCCCOC1CCC(C2CCC(OC)C(F)C2F)C(F)C1. The molecule has 2 aliphatic rings. The van der Waals surface area contributed by atoms with Crippen LogP contribution in [0.2, 0.25) is 0 Å². The van der Waals surface area contributed by atoms with Crippen LogP contribution >= 0.6 is 0 Å². The molecule has 7 atom stereocenters. The lowest BCUT2D eigenvalue weighted by molar-refractivity contribution is -0.0917. The lowest BCUT2D eigenvalue weighted by Gasteiger charge is -2.42. The van der Waals surface area contributed by atoms with Gasteiger partial charge >= 0.3 is 0 Å². The molecule has 0 radical (unpaired) electrons. The highest BCUT2D eigenvalue weighted by Crippen LogP contribution is 2.43. The zero-order valence-corrected chi connectivity index (χ0v) is 15.1. The Hall–Kier alpha value is -0.290. The summed E-state index contributed by atoms with van der Waals surface area (Å²) in [4.78, 5) is 0. The van der Waals surface area contributed by atoms with E-state index in [0.29, 0.717) is 32.3 Å². The molecular formula is C19H33F3O2. The minimum atomic E-state index is -1.63. The summed E-state index contributed by atoms with van der Waals surface area (Å²) in [7, 11) is 1.41. The van der Waals surface area contributed by atoms with Crippen LogP contribution in [0.4, 0.5) is 13.2 Å². The second kappa shape index (κ2) is 10.0. The summed E-state index contributed by atoms with van der Waals surface area (Å²) in [6, 6.07) is 0. The molecule has 0 aliphatic heterocycles. The van der Waals surface area contributed by atoms with Gasteiger partial charge in [0, 0.05) is 20.1 Å². The van der Waals surface area contributed by atoms with Crippen LogP contribution in [0.1, 0.15) is 64.7 Å². The Morgan fingerprint density at radius 1 is 0.875 bits per heavy atom. The molecule has 0 aromatic carbocycles. The summed E-state index contributed by atoms with van der Waals surface area (Å²) in [6.45, 7) is 2.84.